The van der Waals surface area contributed by atoms with Crippen LogP contribution in [0.4, 0.5) is 19.1 Å². The lowest BCUT2D eigenvalue weighted by molar-refractivity contribution is -0.142. The summed E-state index contributed by atoms with van der Waals surface area (Å²) in [4.78, 5) is 16.1. The van der Waals surface area contributed by atoms with Gasteiger partial charge in [-0.25, -0.2) is 9.67 Å². The van der Waals surface area contributed by atoms with Crippen LogP contribution in [-0.4, -0.2) is 30.5 Å². The lowest BCUT2D eigenvalue weighted by Gasteiger charge is -2.05. The van der Waals surface area contributed by atoms with Crippen LogP contribution in [-0.2, 0) is 24.1 Å². The predicted molar refractivity (Wildman–Crippen MR) is 98.9 cm³/mol. The van der Waals surface area contributed by atoms with Crippen molar-refractivity contribution in [3.05, 3.63) is 57.0 Å². The van der Waals surface area contributed by atoms with Crippen molar-refractivity contribution in [1.29, 1.82) is 0 Å². The van der Waals surface area contributed by atoms with Crippen molar-refractivity contribution in [3.63, 3.8) is 0 Å². The van der Waals surface area contributed by atoms with E-state index in [-0.39, 0.29) is 16.1 Å². The molecule has 0 bridgehead atoms. The summed E-state index contributed by atoms with van der Waals surface area (Å²) in [6, 6.07) is 7.22. The van der Waals surface area contributed by atoms with Gasteiger partial charge in [0.25, 0.3) is 0 Å². The fourth-order valence-electron chi connectivity index (χ4n) is 2.39. The maximum Gasteiger partial charge on any atom is 0.436 e. The molecule has 0 fully saturated rings. The van der Waals surface area contributed by atoms with Crippen molar-refractivity contribution in [2.75, 3.05) is 5.32 Å². The zero-order chi connectivity index (χ0) is 20.5. The number of carbonyl (C=O) groups excluding carboxylic acids is 1. The maximum atomic E-state index is 12.9. The Labute approximate surface area is 170 Å². The van der Waals surface area contributed by atoms with E-state index in [9.17, 15) is 18.0 Å². The van der Waals surface area contributed by atoms with Gasteiger partial charge in [-0.15, -0.1) is 5.10 Å². The summed E-state index contributed by atoms with van der Waals surface area (Å²) in [5.74, 6) is -0.584. The third-order valence-corrected chi connectivity index (χ3v) is 5.09. The first-order valence-corrected chi connectivity index (χ1v) is 9.05. The summed E-state index contributed by atoms with van der Waals surface area (Å²) in [7, 11) is 0. The first-order chi connectivity index (χ1) is 13.1. The molecular weight excluding hydrogens is 465 g/mol. The molecule has 7 nitrogen and oxygen atoms in total. The molecule has 0 radical (unpaired) electrons. The molecule has 1 aromatic carbocycles. The zero-order valence-electron chi connectivity index (χ0n) is 14.3. The predicted octanol–water partition coefficient (Wildman–Crippen LogP) is 3.90. The zero-order valence-corrected chi connectivity index (χ0v) is 16.7. The van der Waals surface area contributed by atoms with Gasteiger partial charge in [-0.1, -0.05) is 29.8 Å². The molecule has 3 rings (SSSR count). The summed E-state index contributed by atoms with van der Waals surface area (Å²) in [6.07, 6.45) is -3.21. The van der Waals surface area contributed by atoms with Gasteiger partial charge in [0.15, 0.2) is 5.69 Å². The Morgan fingerprint density at radius 1 is 1.29 bits per heavy atom. The molecule has 0 aliphatic rings. The molecule has 2 heterocycles. The monoisotopic (exact) mass is 476 g/mol. The second-order valence-corrected chi connectivity index (χ2v) is 7.01. The molecular formula is C16H13BrClF3N6O. The van der Waals surface area contributed by atoms with Crippen molar-refractivity contribution in [1.82, 2.24) is 24.5 Å². The van der Waals surface area contributed by atoms with E-state index in [1.807, 2.05) is 12.1 Å². The minimum atomic E-state index is -4.62. The van der Waals surface area contributed by atoms with E-state index in [0.29, 0.717) is 11.6 Å². The van der Waals surface area contributed by atoms with Crippen LogP contribution in [0.2, 0.25) is 5.02 Å². The fraction of sp³-hybridized carbons (Fsp3) is 0.250. The van der Waals surface area contributed by atoms with Gasteiger partial charge in [0.1, 0.15) is 12.9 Å². The van der Waals surface area contributed by atoms with Gasteiger partial charge in [-0.2, -0.15) is 18.3 Å². The third-order valence-electron chi connectivity index (χ3n) is 3.77. The number of carbonyl (C=O) groups is 1. The number of amides is 1. The molecule has 1 N–H and O–H groups in total. The van der Waals surface area contributed by atoms with Gasteiger partial charge in [-0.3, -0.25) is 14.8 Å². The number of hydrogen-bond acceptors (Lipinski definition) is 4. The van der Waals surface area contributed by atoms with E-state index < -0.39 is 24.3 Å². The van der Waals surface area contributed by atoms with Crippen LogP contribution in [0, 0.1) is 6.92 Å². The third kappa shape index (κ3) is 4.53. The minimum Gasteiger partial charge on any atom is -0.292 e. The lowest BCUT2D eigenvalue weighted by atomic mass is 10.2. The Bertz CT molecular complexity index is 1020. The largest absolute Gasteiger partial charge is 0.436 e. The topological polar surface area (TPSA) is 77.6 Å². The number of anilines is 1. The highest BCUT2D eigenvalue weighted by atomic mass is 79.9. The Morgan fingerprint density at radius 2 is 2.00 bits per heavy atom. The summed E-state index contributed by atoms with van der Waals surface area (Å²) in [5, 5.41) is 10.6. The second-order valence-electron chi connectivity index (χ2n) is 5.81. The Kier molecular flexibility index (Phi) is 5.75. The standard InChI is InChI=1S/C16H13BrClF3N6O/c1-9-13(17)14(16(19,20)21)24-27(9)7-12(28)23-15-22-8-26(25-15)6-10-4-2-3-5-11(10)18/h2-5,8H,6-7H2,1H3,(H,23,25,28). The minimum absolute atomic E-state index is 0.0250. The van der Waals surface area contributed by atoms with Crippen LogP contribution in [0.3, 0.4) is 0 Å². The number of benzene rings is 1. The lowest BCUT2D eigenvalue weighted by Crippen LogP contribution is -2.21. The van der Waals surface area contributed by atoms with Gasteiger partial charge >= 0.3 is 6.18 Å². The second kappa shape index (κ2) is 7.92. The summed E-state index contributed by atoms with van der Waals surface area (Å²) < 4.78 is 40.9. The Morgan fingerprint density at radius 3 is 2.64 bits per heavy atom. The average molecular weight is 478 g/mol. The van der Waals surface area contributed by atoms with Crippen LogP contribution in [0.1, 0.15) is 17.0 Å². The van der Waals surface area contributed by atoms with Crippen LogP contribution in [0.15, 0.2) is 35.1 Å². The van der Waals surface area contributed by atoms with Gasteiger partial charge < -0.3 is 0 Å². The quantitative estimate of drug-likeness (QED) is 0.605. The first-order valence-electron chi connectivity index (χ1n) is 7.88. The number of halogens is 5. The smallest absolute Gasteiger partial charge is 0.292 e. The van der Waals surface area contributed by atoms with Gasteiger partial charge in [0, 0.05) is 5.02 Å². The van der Waals surface area contributed by atoms with E-state index >= 15 is 0 Å². The van der Waals surface area contributed by atoms with E-state index in [0.717, 1.165) is 10.2 Å². The average Bonchev–Trinajstić information content (AvgIpc) is 3.16. The first kappa shape index (κ1) is 20.3. The molecule has 2 aromatic heterocycles. The van der Waals surface area contributed by atoms with Crippen molar-refractivity contribution in [3.8, 4) is 0 Å². The highest BCUT2D eigenvalue weighted by molar-refractivity contribution is 9.10. The number of aromatic nitrogens is 5. The maximum absolute atomic E-state index is 12.9. The summed E-state index contributed by atoms with van der Waals surface area (Å²) in [6.45, 7) is 1.36. The fourth-order valence-corrected chi connectivity index (χ4v) is 3.09. The van der Waals surface area contributed by atoms with Crippen LogP contribution in [0.25, 0.3) is 0 Å². The van der Waals surface area contributed by atoms with Crippen molar-refractivity contribution in [2.24, 2.45) is 0 Å². The van der Waals surface area contributed by atoms with Crippen LogP contribution in [0.5, 0.6) is 0 Å². The van der Waals surface area contributed by atoms with Crippen molar-refractivity contribution < 1.29 is 18.0 Å². The van der Waals surface area contributed by atoms with E-state index in [1.54, 1.807) is 12.1 Å². The summed E-state index contributed by atoms with van der Waals surface area (Å²) in [5.41, 5.74) is -0.0803. The Hall–Kier alpha value is -2.40. The number of alkyl halides is 3. The molecule has 0 saturated carbocycles. The molecule has 0 atom stereocenters. The number of hydrogen-bond donors (Lipinski definition) is 1. The Balaban J connectivity index is 1.66. The molecule has 28 heavy (non-hydrogen) atoms. The molecule has 12 heteroatoms. The molecule has 0 saturated heterocycles. The molecule has 1 amide bonds. The van der Waals surface area contributed by atoms with Crippen LogP contribution >= 0.6 is 27.5 Å². The molecule has 0 aliphatic heterocycles. The van der Waals surface area contributed by atoms with Gasteiger partial charge in [0.05, 0.1) is 16.7 Å². The SMILES string of the molecule is Cc1c(Br)c(C(F)(F)F)nn1CC(=O)Nc1ncn(Cc2ccccc2Cl)n1. The van der Waals surface area contributed by atoms with Gasteiger partial charge in [-0.05, 0) is 34.5 Å². The van der Waals surface area contributed by atoms with E-state index in [1.165, 1.54) is 17.9 Å². The van der Waals surface area contributed by atoms with E-state index in [4.69, 9.17) is 11.6 Å². The molecule has 3 aromatic rings. The number of nitrogens with one attached hydrogen (secondary N) is 1. The molecule has 0 aliphatic carbocycles. The van der Waals surface area contributed by atoms with E-state index in [2.05, 4.69) is 36.4 Å². The summed E-state index contributed by atoms with van der Waals surface area (Å²) >= 11 is 8.95. The molecule has 0 spiro atoms. The number of rotatable bonds is 5. The highest BCUT2D eigenvalue weighted by Crippen LogP contribution is 2.35. The molecule has 0 unspecified atom stereocenters. The van der Waals surface area contributed by atoms with Crippen molar-refractivity contribution in [2.45, 2.75) is 26.2 Å². The van der Waals surface area contributed by atoms with Crippen molar-refractivity contribution >= 4 is 39.4 Å². The van der Waals surface area contributed by atoms with Gasteiger partial charge in [0.2, 0.25) is 11.9 Å². The normalized spacial score (nSPS) is 11.6. The van der Waals surface area contributed by atoms with Crippen LogP contribution < -0.4 is 5.32 Å². The number of nitrogens with zero attached hydrogens (tertiary/aromatic N) is 5. The highest BCUT2D eigenvalue weighted by Gasteiger charge is 2.38. The molecule has 148 valence electrons.